The van der Waals surface area contributed by atoms with Gasteiger partial charge in [0.15, 0.2) is 0 Å². The van der Waals surface area contributed by atoms with Crippen molar-refractivity contribution in [2.45, 2.75) is 13.8 Å². The Balaban J connectivity index is 0.000000549. The van der Waals surface area contributed by atoms with Crippen molar-refractivity contribution < 1.29 is 36.9 Å². The summed E-state index contributed by atoms with van der Waals surface area (Å²) in [5.74, 6) is -2.17. The Bertz CT molecular complexity index is 691. The van der Waals surface area contributed by atoms with E-state index < -0.39 is 11.9 Å². The summed E-state index contributed by atoms with van der Waals surface area (Å²) in [6.45, 7) is 1.94. The third-order valence-electron chi connectivity index (χ3n) is 2.28. The Hall–Kier alpha value is -2.97. The van der Waals surface area contributed by atoms with Crippen LogP contribution in [0.25, 0.3) is 22.8 Å². The molecule has 0 atom stereocenters. The number of carboxylic acid groups (broad SMARTS) is 2. The molecule has 10 heteroatoms. The van der Waals surface area contributed by atoms with E-state index in [4.69, 9.17) is 19.8 Å². The van der Waals surface area contributed by atoms with Crippen LogP contribution >= 0.6 is 0 Å². The Morgan fingerprint density at radius 3 is 1.44 bits per heavy atom. The molecule has 1 radical (unpaired) electrons. The molecular weight excluding hydrogens is 369 g/mol. The van der Waals surface area contributed by atoms with Gasteiger partial charge in [0.05, 0.1) is 11.4 Å². The van der Waals surface area contributed by atoms with Crippen LogP contribution in [0.5, 0.6) is 0 Å². The zero-order chi connectivity index (χ0) is 17.9. The molecule has 131 valence electrons. The van der Waals surface area contributed by atoms with Gasteiger partial charge in [0, 0.05) is 24.3 Å². The van der Waals surface area contributed by atoms with Gasteiger partial charge in [-0.2, -0.15) is 10.2 Å². The molecule has 0 fully saturated rings. The number of carbonyl (C=O) groups is 2. The van der Waals surface area contributed by atoms with Crippen LogP contribution in [-0.2, 0) is 26.7 Å². The number of rotatable bonds is 2. The summed E-state index contributed by atoms with van der Waals surface area (Å²) in [5, 5.41) is 31.5. The summed E-state index contributed by atoms with van der Waals surface area (Å²) < 4.78 is 0. The molecule has 0 saturated carbocycles. The van der Waals surface area contributed by atoms with Crippen molar-refractivity contribution in [3.63, 3.8) is 0 Å². The molecule has 0 aliphatic heterocycles. The van der Waals surface area contributed by atoms with Gasteiger partial charge < -0.3 is 19.8 Å². The number of nitrogens with one attached hydrogen (secondary N) is 2. The first-order valence-electron chi connectivity index (χ1n) is 6.72. The van der Waals surface area contributed by atoms with Gasteiger partial charge in [-0.05, 0) is 38.1 Å². The minimum Gasteiger partial charge on any atom is -0.550 e. The van der Waals surface area contributed by atoms with E-state index in [1.165, 1.54) is 0 Å². The van der Waals surface area contributed by atoms with Crippen LogP contribution in [0.4, 0.5) is 0 Å². The predicted molar refractivity (Wildman–Crippen MR) is 80.8 cm³/mol. The summed E-state index contributed by atoms with van der Waals surface area (Å²) in [7, 11) is 0. The van der Waals surface area contributed by atoms with Gasteiger partial charge >= 0.3 is 17.1 Å². The largest absolute Gasteiger partial charge is 2.00 e. The number of H-pyrrole nitrogens is 2. The predicted octanol–water partition coefficient (Wildman–Crippen LogP) is -0.628. The number of aromatic amines is 2. The SMILES string of the molecule is CC(=O)[O-].CC(=O)[O-].[Mn+2].c1cc(-c2cc[nH]n2)nc(-c2cc[nH]n2)c1. The smallest absolute Gasteiger partial charge is 0.550 e. The van der Waals surface area contributed by atoms with Crippen molar-refractivity contribution in [1.29, 1.82) is 0 Å². The Kier molecular flexibility index (Phi) is 10.2. The second kappa shape index (κ2) is 11.5. The molecule has 0 aromatic carbocycles. The van der Waals surface area contributed by atoms with E-state index in [9.17, 15) is 0 Å². The van der Waals surface area contributed by atoms with Crippen molar-refractivity contribution in [3.8, 4) is 22.8 Å². The molecule has 0 unspecified atom stereocenters. The van der Waals surface area contributed by atoms with Crippen molar-refractivity contribution in [2.75, 3.05) is 0 Å². The standard InChI is InChI=1S/C11H9N5.2C2H4O2.Mn/c1-2-8(10-4-6-12-15-10)14-9(3-1)11-5-7-13-16-11;2*1-2(3)4;/h1-7H,(H,12,15)(H,13,16);2*1H3,(H,3,4);/q;;;+2/p-2. The van der Waals surface area contributed by atoms with Crippen molar-refractivity contribution in [3.05, 3.63) is 42.7 Å². The first-order valence-corrected chi connectivity index (χ1v) is 6.72. The molecule has 0 aliphatic rings. The quantitative estimate of drug-likeness (QED) is 0.559. The molecule has 3 aromatic rings. The number of aromatic nitrogens is 5. The molecule has 0 amide bonds. The first-order chi connectivity index (χ1) is 11.4. The molecule has 0 aliphatic carbocycles. The molecule has 3 heterocycles. The number of pyridine rings is 1. The summed E-state index contributed by atoms with van der Waals surface area (Å²) in [5.41, 5.74) is 3.33. The average Bonchev–Trinajstić information content (AvgIpc) is 3.20. The van der Waals surface area contributed by atoms with E-state index in [0.29, 0.717) is 0 Å². The molecule has 2 N–H and O–H groups in total. The normalized spacial score (nSPS) is 8.72. The molecule has 0 spiro atoms. The zero-order valence-electron chi connectivity index (χ0n) is 13.4. The molecule has 3 aromatic heterocycles. The van der Waals surface area contributed by atoms with E-state index in [2.05, 4.69) is 25.4 Å². The minimum absolute atomic E-state index is 0. The second-order valence-corrected chi connectivity index (χ2v) is 4.31. The van der Waals surface area contributed by atoms with E-state index in [-0.39, 0.29) is 17.1 Å². The maximum Gasteiger partial charge on any atom is 2.00 e. The van der Waals surface area contributed by atoms with E-state index in [1.54, 1.807) is 12.4 Å². The third-order valence-corrected chi connectivity index (χ3v) is 2.28. The molecule has 0 saturated heterocycles. The zero-order valence-corrected chi connectivity index (χ0v) is 14.6. The maximum absolute atomic E-state index is 8.89. The molecule has 9 nitrogen and oxygen atoms in total. The summed E-state index contributed by atoms with van der Waals surface area (Å²) >= 11 is 0. The Labute approximate surface area is 154 Å². The van der Waals surface area contributed by atoms with Gasteiger partial charge in [-0.1, -0.05) is 6.07 Å². The van der Waals surface area contributed by atoms with Gasteiger partial charge in [-0.3, -0.25) is 10.2 Å². The van der Waals surface area contributed by atoms with E-state index >= 15 is 0 Å². The van der Waals surface area contributed by atoms with E-state index in [1.807, 2.05) is 30.3 Å². The molecular formula is C15H15MnN5O4. The second-order valence-electron chi connectivity index (χ2n) is 4.31. The summed E-state index contributed by atoms with van der Waals surface area (Å²) in [6.07, 6.45) is 3.55. The number of aliphatic carboxylic acids is 2. The van der Waals surface area contributed by atoms with Crippen molar-refractivity contribution >= 4 is 11.9 Å². The van der Waals surface area contributed by atoms with Crippen LogP contribution in [0.1, 0.15) is 13.8 Å². The number of nitrogens with zero attached hydrogens (tertiary/aromatic N) is 3. The van der Waals surface area contributed by atoms with Gasteiger partial charge in [0.1, 0.15) is 11.4 Å². The van der Waals surface area contributed by atoms with Crippen molar-refractivity contribution in [2.24, 2.45) is 0 Å². The summed E-state index contributed by atoms with van der Waals surface area (Å²) in [6, 6.07) is 9.56. The third kappa shape index (κ3) is 9.04. The van der Waals surface area contributed by atoms with E-state index in [0.717, 1.165) is 36.6 Å². The number of carbonyl (C=O) groups excluding carboxylic acids is 2. The molecule has 0 bridgehead atoms. The number of hydrogen-bond donors (Lipinski definition) is 2. The fraction of sp³-hybridized carbons (Fsp3) is 0.133. The van der Waals surface area contributed by atoms with Gasteiger partial charge in [0.25, 0.3) is 0 Å². The van der Waals surface area contributed by atoms with Crippen LogP contribution in [0, 0.1) is 0 Å². The fourth-order valence-corrected chi connectivity index (χ4v) is 1.53. The van der Waals surface area contributed by atoms with Gasteiger partial charge in [-0.15, -0.1) is 0 Å². The van der Waals surface area contributed by atoms with Gasteiger partial charge in [-0.25, -0.2) is 4.98 Å². The van der Waals surface area contributed by atoms with Crippen LogP contribution in [-0.4, -0.2) is 37.3 Å². The molecule has 25 heavy (non-hydrogen) atoms. The summed E-state index contributed by atoms with van der Waals surface area (Å²) in [4.78, 5) is 22.3. The Morgan fingerprint density at radius 2 is 1.16 bits per heavy atom. The van der Waals surface area contributed by atoms with Crippen LogP contribution in [0.3, 0.4) is 0 Å². The molecule has 3 rings (SSSR count). The monoisotopic (exact) mass is 384 g/mol. The van der Waals surface area contributed by atoms with Crippen LogP contribution < -0.4 is 10.2 Å². The van der Waals surface area contributed by atoms with Crippen LogP contribution in [0.15, 0.2) is 42.7 Å². The first kappa shape index (κ1) is 22.0. The van der Waals surface area contributed by atoms with Gasteiger partial charge in [0.2, 0.25) is 0 Å². The minimum atomic E-state index is -1.08. The van der Waals surface area contributed by atoms with Crippen molar-refractivity contribution in [1.82, 2.24) is 25.4 Å². The number of carboxylic acids is 2. The Morgan fingerprint density at radius 1 is 0.800 bits per heavy atom. The van der Waals surface area contributed by atoms with Crippen LogP contribution in [0.2, 0.25) is 0 Å². The number of hydrogen-bond acceptors (Lipinski definition) is 7. The average molecular weight is 384 g/mol. The fourth-order valence-electron chi connectivity index (χ4n) is 1.53. The topological polar surface area (TPSA) is 151 Å². The maximum atomic E-state index is 8.89.